The molecule has 23 heavy (non-hydrogen) atoms. The number of rotatable bonds is 4. The second-order valence-electron chi connectivity index (χ2n) is 5.09. The van der Waals surface area contributed by atoms with Gasteiger partial charge in [-0.25, -0.2) is 4.98 Å². The first-order chi connectivity index (χ1) is 11.0. The first kappa shape index (κ1) is 15.1. The number of H-pyrrole nitrogens is 1. The number of aromatic hydroxyl groups is 1. The topological polar surface area (TPSA) is 101 Å². The number of nitrogens with zero attached hydrogens (tertiary/aromatic N) is 1. The summed E-state index contributed by atoms with van der Waals surface area (Å²) in [5.74, 6) is 1.10. The molecule has 0 aliphatic carbocycles. The number of thiazole rings is 1. The van der Waals surface area contributed by atoms with Crippen LogP contribution >= 0.6 is 11.3 Å². The fourth-order valence-corrected chi connectivity index (χ4v) is 2.92. The lowest BCUT2D eigenvalue weighted by Crippen LogP contribution is -1.93. The SMILES string of the molecule is Cc1cc(Cc2sc(=O)[nH]c2O)ccc1Oc1ccc(N)cn1. The molecule has 0 amide bonds. The third-order valence-electron chi connectivity index (χ3n) is 3.28. The minimum absolute atomic E-state index is 0.0657. The number of aromatic amines is 1. The maximum absolute atomic E-state index is 11.2. The first-order valence-corrected chi connectivity index (χ1v) is 7.73. The van der Waals surface area contributed by atoms with Crippen LogP contribution in [0, 0.1) is 6.92 Å². The molecule has 3 rings (SSSR count). The molecule has 0 fully saturated rings. The molecule has 0 aliphatic heterocycles. The summed E-state index contributed by atoms with van der Waals surface area (Å²) in [5.41, 5.74) is 8.08. The molecule has 2 aromatic heterocycles. The Kier molecular flexibility index (Phi) is 4.03. The Balaban J connectivity index is 1.79. The number of nitrogen functional groups attached to an aromatic ring is 1. The number of benzene rings is 1. The number of aromatic nitrogens is 2. The lowest BCUT2D eigenvalue weighted by molar-refractivity contribution is 0.451. The van der Waals surface area contributed by atoms with Crippen molar-refractivity contribution in [3.8, 4) is 17.5 Å². The van der Waals surface area contributed by atoms with Crippen molar-refractivity contribution in [1.82, 2.24) is 9.97 Å². The number of ether oxygens (including phenoxy) is 1. The zero-order valence-corrected chi connectivity index (χ0v) is 13.2. The molecule has 0 unspecified atom stereocenters. The normalized spacial score (nSPS) is 10.7. The van der Waals surface area contributed by atoms with Crippen LogP contribution in [-0.4, -0.2) is 15.1 Å². The highest BCUT2D eigenvalue weighted by atomic mass is 32.1. The summed E-state index contributed by atoms with van der Waals surface area (Å²) < 4.78 is 5.73. The van der Waals surface area contributed by atoms with Crippen LogP contribution in [0.3, 0.4) is 0 Å². The van der Waals surface area contributed by atoms with Crippen LogP contribution in [0.25, 0.3) is 0 Å². The van der Waals surface area contributed by atoms with E-state index >= 15 is 0 Å². The minimum atomic E-state index is -0.261. The van der Waals surface area contributed by atoms with Crippen molar-refractivity contribution >= 4 is 17.0 Å². The van der Waals surface area contributed by atoms with E-state index in [2.05, 4.69) is 9.97 Å². The number of pyridine rings is 1. The second-order valence-corrected chi connectivity index (χ2v) is 6.16. The average Bonchev–Trinajstić information content (AvgIpc) is 2.82. The summed E-state index contributed by atoms with van der Waals surface area (Å²) in [7, 11) is 0. The fourth-order valence-electron chi connectivity index (χ4n) is 2.16. The zero-order chi connectivity index (χ0) is 16.4. The molecule has 0 radical (unpaired) electrons. The summed E-state index contributed by atoms with van der Waals surface area (Å²) in [5, 5.41) is 9.65. The molecular formula is C16H15N3O3S. The molecule has 1 aromatic carbocycles. The molecule has 118 valence electrons. The molecule has 4 N–H and O–H groups in total. The van der Waals surface area contributed by atoms with Crippen molar-refractivity contribution in [2.45, 2.75) is 13.3 Å². The van der Waals surface area contributed by atoms with Crippen molar-refractivity contribution in [1.29, 1.82) is 0 Å². The van der Waals surface area contributed by atoms with Crippen molar-refractivity contribution in [2.75, 3.05) is 5.73 Å². The Bertz CT molecular complexity index is 884. The summed E-state index contributed by atoms with van der Waals surface area (Å²) in [4.78, 5) is 18.0. The van der Waals surface area contributed by atoms with Crippen LogP contribution < -0.4 is 15.3 Å². The maximum atomic E-state index is 11.2. The van der Waals surface area contributed by atoms with Crippen LogP contribution in [0.5, 0.6) is 17.5 Å². The van der Waals surface area contributed by atoms with E-state index in [9.17, 15) is 9.90 Å². The molecule has 0 saturated carbocycles. The molecule has 7 heteroatoms. The van der Waals surface area contributed by atoms with Gasteiger partial charge in [0.25, 0.3) is 0 Å². The monoisotopic (exact) mass is 329 g/mol. The highest BCUT2D eigenvalue weighted by Gasteiger charge is 2.09. The molecule has 3 aromatic rings. The van der Waals surface area contributed by atoms with Gasteiger partial charge in [0.1, 0.15) is 5.75 Å². The van der Waals surface area contributed by atoms with E-state index in [0.717, 1.165) is 22.5 Å². The van der Waals surface area contributed by atoms with Gasteiger partial charge in [-0.3, -0.25) is 9.78 Å². The van der Waals surface area contributed by atoms with E-state index in [4.69, 9.17) is 10.5 Å². The molecule has 0 atom stereocenters. The third kappa shape index (κ3) is 3.51. The van der Waals surface area contributed by atoms with Crippen LogP contribution in [-0.2, 0) is 6.42 Å². The number of nitrogens with two attached hydrogens (primary N) is 1. The fraction of sp³-hybridized carbons (Fsp3) is 0.125. The number of nitrogens with one attached hydrogen (secondary N) is 1. The van der Waals surface area contributed by atoms with Crippen LogP contribution in [0.15, 0.2) is 41.3 Å². The molecule has 0 spiro atoms. The van der Waals surface area contributed by atoms with Gasteiger partial charge < -0.3 is 15.6 Å². The van der Waals surface area contributed by atoms with Gasteiger partial charge in [-0.1, -0.05) is 23.5 Å². The highest BCUT2D eigenvalue weighted by molar-refractivity contribution is 7.09. The third-order valence-corrected chi connectivity index (χ3v) is 4.15. The van der Waals surface area contributed by atoms with E-state index in [-0.39, 0.29) is 10.8 Å². The summed E-state index contributed by atoms with van der Waals surface area (Å²) in [6.45, 7) is 1.93. The van der Waals surface area contributed by atoms with E-state index < -0.39 is 0 Å². The second kappa shape index (κ2) is 6.13. The van der Waals surface area contributed by atoms with Gasteiger partial charge in [0.05, 0.1) is 16.8 Å². The average molecular weight is 329 g/mol. The van der Waals surface area contributed by atoms with E-state index in [1.807, 2.05) is 25.1 Å². The smallest absolute Gasteiger partial charge is 0.307 e. The largest absolute Gasteiger partial charge is 0.494 e. The summed E-state index contributed by atoms with van der Waals surface area (Å²) >= 11 is 1.01. The highest BCUT2D eigenvalue weighted by Crippen LogP contribution is 2.27. The van der Waals surface area contributed by atoms with Crippen molar-refractivity contribution in [3.05, 3.63) is 62.2 Å². The Morgan fingerprint density at radius 1 is 1.35 bits per heavy atom. The zero-order valence-electron chi connectivity index (χ0n) is 12.4. The van der Waals surface area contributed by atoms with Crippen LogP contribution in [0.1, 0.15) is 16.0 Å². The number of hydrogen-bond donors (Lipinski definition) is 3. The standard InChI is InChI=1S/C16H15N3O3S/c1-9-6-10(7-13-15(20)19-16(21)23-13)2-4-12(9)22-14-5-3-11(17)8-18-14/h2-6,8,20H,7,17H2,1H3,(H,19,21). The summed E-state index contributed by atoms with van der Waals surface area (Å²) in [6.07, 6.45) is 2.02. The molecule has 0 bridgehead atoms. The van der Waals surface area contributed by atoms with Gasteiger partial charge in [0, 0.05) is 12.5 Å². The number of hydrogen-bond acceptors (Lipinski definition) is 6. The summed E-state index contributed by atoms with van der Waals surface area (Å²) in [6, 6.07) is 9.12. The van der Waals surface area contributed by atoms with E-state index in [1.165, 1.54) is 6.20 Å². The van der Waals surface area contributed by atoms with Gasteiger partial charge in [0.2, 0.25) is 11.8 Å². The molecular weight excluding hydrogens is 314 g/mol. The number of aryl methyl sites for hydroxylation is 1. The van der Waals surface area contributed by atoms with Crippen LogP contribution in [0.4, 0.5) is 5.69 Å². The van der Waals surface area contributed by atoms with E-state index in [0.29, 0.717) is 28.6 Å². The van der Waals surface area contributed by atoms with Crippen molar-refractivity contribution < 1.29 is 9.84 Å². The van der Waals surface area contributed by atoms with Gasteiger partial charge in [-0.05, 0) is 30.2 Å². The van der Waals surface area contributed by atoms with Gasteiger partial charge in [-0.2, -0.15) is 0 Å². The Morgan fingerprint density at radius 2 is 2.17 bits per heavy atom. The Hall–Kier alpha value is -2.80. The predicted molar refractivity (Wildman–Crippen MR) is 89.3 cm³/mol. The maximum Gasteiger partial charge on any atom is 0.307 e. The first-order valence-electron chi connectivity index (χ1n) is 6.91. The predicted octanol–water partition coefficient (Wildman–Crippen LogP) is 2.81. The van der Waals surface area contributed by atoms with Gasteiger partial charge in [0.15, 0.2) is 0 Å². The van der Waals surface area contributed by atoms with Crippen molar-refractivity contribution in [2.24, 2.45) is 0 Å². The van der Waals surface area contributed by atoms with Gasteiger partial charge in [-0.15, -0.1) is 0 Å². The Labute approximate surface area is 136 Å². The van der Waals surface area contributed by atoms with Gasteiger partial charge >= 0.3 is 4.87 Å². The lowest BCUT2D eigenvalue weighted by atomic mass is 10.1. The van der Waals surface area contributed by atoms with E-state index in [1.54, 1.807) is 12.1 Å². The minimum Gasteiger partial charge on any atom is -0.494 e. The Morgan fingerprint density at radius 3 is 2.78 bits per heavy atom. The molecule has 2 heterocycles. The van der Waals surface area contributed by atoms with Crippen LogP contribution in [0.2, 0.25) is 0 Å². The molecule has 6 nitrogen and oxygen atoms in total. The quantitative estimate of drug-likeness (QED) is 0.683. The van der Waals surface area contributed by atoms with Crippen molar-refractivity contribution in [3.63, 3.8) is 0 Å². The lowest BCUT2D eigenvalue weighted by Gasteiger charge is -2.09. The molecule has 0 aliphatic rings. The molecule has 0 saturated heterocycles. The number of anilines is 1.